The summed E-state index contributed by atoms with van der Waals surface area (Å²) in [5.41, 5.74) is 4.25. The molecule has 0 spiro atoms. The van der Waals surface area contributed by atoms with E-state index in [1.807, 2.05) is 54.6 Å². The molecule has 102 valence electrons. The number of hydrogen-bond acceptors (Lipinski definition) is 2. The average Bonchev–Trinajstić information content (AvgIpc) is 2.56. The van der Waals surface area contributed by atoms with Gasteiger partial charge in [-0.25, -0.2) is 0 Å². The minimum atomic E-state index is 0.866. The molecule has 0 saturated heterocycles. The van der Waals surface area contributed by atoms with Crippen molar-refractivity contribution in [2.45, 2.75) is 6.42 Å². The first-order valence-corrected chi connectivity index (χ1v) is 7.00. The van der Waals surface area contributed by atoms with E-state index in [2.05, 4.69) is 40.6 Å². The van der Waals surface area contributed by atoms with Gasteiger partial charge < -0.3 is 0 Å². The van der Waals surface area contributed by atoms with Crippen LogP contribution < -0.4 is 0 Å². The van der Waals surface area contributed by atoms with Crippen LogP contribution in [-0.4, -0.2) is 0 Å². The largest absolute Gasteiger partial charge is 0.151 e. The molecule has 0 atom stereocenters. The minimum Gasteiger partial charge on any atom is -0.151 e. The van der Waals surface area contributed by atoms with Gasteiger partial charge in [-0.2, -0.15) is 10.2 Å². The Morgan fingerprint density at radius 2 is 1.19 bits per heavy atom. The Labute approximate surface area is 124 Å². The highest BCUT2D eigenvalue weighted by atomic mass is 15.1. The average molecular weight is 272 g/mol. The van der Waals surface area contributed by atoms with Gasteiger partial charge in [0.15, 0.2) is 0 Å². The van der Waals surface area contributed by atoms with Gasteiger partial charge >= 0.3 is 0 Å². The molecule has 0 radical (unpaired) electrons. The lowest BCUT2D eigenvalue weighted by Crippen LogP contribution is -1.87. The molecule has 3 aromatic rings. The lowest BCUT2D eigenvalue weighted by molar-refractivity contribution is 1.14. The van der Waals surface area contributed by atoms with Crippen molar-refractivity contribution < 1.29 is 0 Å². The van der Waals surface area contributed by atoms with Crippen LogP contribution in [0.15, 0.2) is 95.2 Å². The van der Waals surface area contributed by atoms with Crippen molar-refractivity contribution in [2.24, 2.45) is 10.2 Å². The van der Waals surface area contributed by atoms with Crippen LogP contribution >= 0.6 is 0 Å². The van der Waals surface area contributed by atoms with Gasteiger partial charge in [-0.15, -0.1) is 0 Å². The van der Waals surface area contributed by atoms with Crippen molar-refractivity contribution in [3.8, 4) is 0 Å². The summed E-state index contributed by atoms with van der Waals surface area (Å²) in [6, 6.07) is 28.3. The molecule has 2 nitrogen and oxygen atoms in total. The van der Waals surface area contributed by atoms with Gasteiger partial charge in [0, 0.05) is 0 Å². The summed E-state index contributed by atoms with van der Waals surface area (Å²) in [7, 11) is 0. The molecule has 0 saturated carbocycles. The van der Waals surface area contributed by atoms with Crippen LogP contribution in [0.1, 0.15) is 11.1 Å². The van der Waals surface area contributed by atoms with Gasteiger partial charge in [0.25, 0.3) is 0 Å². The van der Waals surface area contributed by atoms with Crippen LogP contribution in [0, 0.1) is 0 Å². The van der Waals surface area contributed by atoms with Crippen LogP contribution in [0.4, 0.5) is 11.4 Å². The zero-order valence-corrected chi connectivity index (χ0v) is 11.7. The van der Waals surface area contributed by atoms with Crippen molar-refractivity contribution >= 4 is 11.4 Å². The predicted molar refractivity (Wildman–Crippen MR) is 86.3 cm³/mol. The predicted octanol–water partition coefficient (Wildman–Crippen LogP) is 5.69. The fraction of sp³-hybridized carbons (Fsp3) is 0.0526. The van der Waals surface area contributed by atoms with Gasteiger partial charge in [-0.1, -0.05) is 66.7 Å². The van der Waals surface area contributed by atoms with Crippen LogP contribution in [-0.2, 0) is 6.42 Å². The fourth-order valence-electron chi connectivity index (χ4n) is 2.18. The highest BCUT2D eigenvalue weighted by Crippen LogP contribution is 2.24. The van der Waals surface area contributed by atoms with Gasteiger partial charge in [0.05, 0.1) is 11.4 Å². The van der Waals surface area contributed by atoms with E-state index in [4.69, 9.17) is 0 Å². The Balaban J connectivity index is 1.84. The van der Waals surface area contributed by atoms with Crippen molar-refractivity contribution in [1.82, 2.24) is 0 Å². The van der Waals surface area contributed by atoms with E-state index in [-0.39, 0.29) is 0 Å². The fourth-order valence-corrected chi connectivity index (χ4v) is 2.18. The number of hydrogen-bond donors (Lipinski definition) is 0. The highest BCUT2D eigenvalue weighted by molar-refractivity contribution is 5.48. The summed E-state index contributed by atoms with van der Waals surface area (Å²) < 4.78 is 0. The number of nitrogens with zero attached hydrogens (tertiary/aromatic N) is 2. The van der Waals surface area contributed by atoms with Gasteiger partial charge in [0.1, 0.15) is 0 Å². The zero-order valence-electron chi connectivity index (χ0n) is 11.7. The maximum absolute atomic E-state index is 4.40. The molecule has 0 fully saturated rings. The van der Waals surface area contributed by atoms with E-state index in [1.54, 1.807) is 0 Å². The lowest BCUT2D eigenvalue weighted by atomic mass is 10.0. The first-order chi connectivity index (χ1) is 10.4. The van der Waals surface area contributed by atoms with Crippen LogP contribution in [0.5, 0.6) is 0 Å². The van der Waals surface area contributed by atoms with E-state index in [9.17, 15) is 0 Å². The Morgan fingerprint density at radius 3 is 1.95 bits per heavy atom. The topological polar surface area (TPSA) is 24.7 Å². The standard InChI is InChI=1S/C19H16N2/c1-3-9-16(10-4-1)15-17-11-7-8-14-19(17)21-20-18-12-5-2-6-13-18/h1-14H,15H2. The number of azo groups is 1. The molecule has 3 rings (SSSR count). The Morgan fingerprint density at radius 1 is 0.571 bits per heavy atom. The quantitative estimate of drug-likeness (QED) is 0.545. The Hall–Kier alpha value is -2.74. The second-order valence-corrected chi connectivity index (χ2v) is 4.83. The molecule has 0 aliphatic heterocycles. The molecule has 0 aliphatic rings. The maximum atomic E-state index is 4.40. The van der Waals surface area contributed by atoms with Gasteiger partial charge in [-0.3, -0.25) is 0 Å². The molecular formula is C19H16N2. The SMILES string of the molecule is c1ccc(Cc2ccccc2N=Nc2ccccc2)cc1. The van der Waals surface area contributed by atoms with E-state index in [0.29, 0.717) is 0 Å². The monoisotopic (exact) mass is 272 g/mol. The molecule has 0 aromatic heterocycles. The molecule has 0 amide bonds. The summed E-state index contributed by atoms with van der Waals surface area (Å²) in [6.45, 7) is 0. The summed E-state index contributed by atoms with van der Waals surface area (Å²) in [5, 5.41) is 8.70. The summed E-state index contributed by atoms with van der Waals surface area (Å²) in [5.74, 6) is 0. The molecule has 0 heterocycles. The number of benzene rings is 3. The zero-order chi connectivity index (χ0) is 14.3. The van der Waals surface area contributed by atoms with E-state index in [1.165, 1.54) is 11.1 Å². The molecule has 0 N–H and O–H groups in total. The van der Waals surface area contributed by atoms with Crippen LogP contribution in [0.3, 0.4) is 0 Å². The number of rotatable bonds is 4. The second kappa shape index (κ2) is 6.62. The Bertz CT molecular complexity index is 719. The maximum Gasteiger partial charge on any atom is 0.0892 e. The first kappa shape index (κ1) is 13.3. The van der Waals surface area contributed by atoms with E-state index in [0.717, 1.165) is 17.8 Å². The van der Waals surface area contributed by atoms with Crippen LogP contribution in [0.2, 0.25) is 0 Å². The summed E-state index contributed by atoms with van der Waals surface area (Å²) >= 11 is 0. The molecule has 0 unspecified atom stereocenters. The molecule has 2 heteroatoms. The van der Waals surface area contributed by atoms with Gasteiger partial charge in [0.2, 0.25) is 0 Å². The van der Waals surface area contributed by atoms with Crippen molar-refractivity contribution in [3.63, 3.8) is 0 Å². The lowest BCUT2D eigenvalue weighted by Gasteiger charge is -2.04. The van der Waals surface area contributed by atoms with Crippen molar-refractivity contribution in [1.29, 1.82) is 0 Å². The molecular weight excluding hydrogens is 256 g/mol. The van der Waals surface area contributed by atoms with Crippen LogP contribution in [0.25, 0.3) is 0 Å². The highest BCUT2D eigenvalue weighted by Gasteiger charge is 2.02. The summed E-state index contributed by atoms with van der Waals surface area (Å²) in [6.07, 6.45) is 0.866. The van der Waals surface area contributed by atoms with Gasteiger partial charge in [-0.05, 0) is 35.7 Å². The smallest absolute Gasteiger partial charge is 0.0892 e. The third-order valence-electron chi connectivity index (χ3n) is 3.26. The second-order valence-electron chi connectivity index (χ2n) is 4.83. The minimum absolute atomic E-state index is 0.866. The van der Waals surface area contributed by atoms with Crippen molar-refractivity contribution in [2.75, 3.05) is 0 Å². The molecule has 0 bridgehead atoms. The Kier molecular flexibility index (Phi) is 4.18. The third-order valence-corrected chi connectivity index (χ3v) is 3.26. The normalized spacial score (nSPS) is 10.9. The molecule has 21 heavy (non-hydrogen) atoms. The summed E-state index contributed by atoms with van der Waals surface area (Å²) in [4.78, 5) is 0. The first-order valence-electron chi connectivity index (χ1n) is 7.00. The van der Waals surface area contributed by atoms with Crippen molar-refractivity contribution in [3.05, 3.63) is 96.1 Å². The van der Waals surface area contributed by atoms with E-state index >= 15 is 0 Å². The molecule has 0 aliphatic carbocycles. The molecule has 3 aromatic carbocycles. The third kappa shape index (κ3) is 3.63. The van der Waals surface area contributed by atoms with E-state index < -0.39 is 0 Å².